The average molecular weight is 397 g/mol. The third kappa shape index (κ3) is 3.02. The van der Waals surface area contributed by atoms with Crippen LogP contribution in [0.1, 0.15) is 33.6 Å². The van der Waals surface area contributed by atoms with Crippen molar-refractivity contribution in [1.82, 2.24) is 0 Å². The molecule has 0 aliphatic carbocycles. The van der Waals surface area contributed by atoms with Crippen molar-refractivity contribution in [3.63, 3.8) is 0 Å². The Morgan fingerprint density at radius 1 is 1.04 bits per heavy atom. The molecule has 1 unspecified atom stereocenters. The van der Waals surface area contributed by atoms with Crippen LogP contribution >= 0.6 is 0 Å². The maximum atomic E-state index is 12.5. The number of cyclic esters (lactones) is 1. The number of carbonyl (C=O) groups is 1. The van der Waals surface area contributed by atoms with E-state index < -0.39 is 10.1 Å². The summed E-state index contributed by atoms with van der Waals surface area (Å²) < 4.78 is 24.0. The molecule has 24 heavy (non-hydrogen) atoms. The second kappa shape index (κ2) is 5.82. The standard InChI is InChI=1S/C18H22O5Se/c1-17(2)22-13-9-12(20-15(13)23-17)14-10-18(3,16(19)21-14)24-11-7-5-4-6-8-11/h4-8,12-15H,9-10H2,1-3H3/t12-,13+,14+,15+,18?/m0/s1. The first-order chi connectivity index (χ1) is 11.3. The van der Waals surface area contributed by atoms with Crippen LogP contribution in [0.15, 0.2) is 30.3 Å². The Kier molecular flexibility index (Phi) is 4.01. The summed E-state index contributed by atoms with van der Waals surface area (Å²) >= 11 is 0.0313. The van der Waals surface area contributed by atoms with Crippen LogP contribution in [0.2, 0.25) is 4.31 Å². The van der Waals surface area contributed by atoms with E-state index in [4.69, 9.17) is 18.9 Å². The Balaban J connectivity index is 1.42. The molecule has 5 nitrogen and oxygen atoms in total. The molecular formula is C18H22O5Se. The summed E-state index contributed by atoms with van der Waals surface area (Å²) in [6.07, 6.45) is 0.613. The minimum absolute atomic E-state index is 0.0313. The van der Waals surface area contributed by atoms with Crippen LogP contribution in [-0.2, 0) is 23.7 Å². The molecule has 3 saturated heterocycles. The zero-order valence-electron chi connectivity index (χ0n) is 14.1. The first-order valence-electron chi connectivity index (χ1n) is 8.31. The van der Waals surface area contributed by atoms with Crippen LogP contribution in [0, 0.1) is 0 Å². The molecule has 0 amide bonds. The van der Waals surface area contributed by atoms with Crippen molar-refractivity contribution >= 4 is 25.4 Å². The summed E-state index contributed by atoms with van der Waals surface area (Å²) in [6.45, 7) is 5.78. The number of fused-ring (bicyclic) bond motifs is 1. The summed E-state index contributed by atoms with van der Waals surface area (Å²) in [5.41, 5.74) is 0. The monoisotopic (exact) mass is 398 g/mol. The van der Waals surface area contributed by atoms with Crippen molar-refractivity contribution in [2.45, 2.75) is 68.3 Å². The molecule has 1 aromatic carbocycles. The first kappa shape index (κ1) is 16.6. The predicted octanol–water partition coefficient (Wildman–Crippen LogP) is 1.78. The van der Waals surface area contributed by atoms with Crippen molar-refractivity contribution in [3.8, 4) is 0 Å². The molecule has 3 aliphatic heterocycles. The normalized spacial score (nSPS) is 40.5. The quantitative estimate of drug-likeness (QED) is 0.575. The number of benzene rings is 1. The van der Waals surface area contributed by atoms with E-state index in [2.05, 4.69) is 12.1 Å². The van der Waals surface area contributed by atoms with Crippen molar-refractivity contribution in [2.24, 2.45) is 0 Å². The summed E-state index contributed by atoms with van der Waals surface area (Å²) in [6, 6.07) is 10.2. The second-order valence-corrected chi connectivity index (χ2v) is 10.6. The van der Waals surface area contributed by atoms with Gasteiger partial charge >= 0.3 is 148 Å². The van der Waals surface area contributed by atoms with Gasteiger partial charge in [-0.3, -0.25) is 0 Å². The van der Waals surface area contributed by atoms with Crippen LogP contribution in [-0.4, -0.2) is 51.3 Å². The molecule has 0 spiro atoms. The van der Waals surface area contributed by atoms with Crippen LogP contribution in [0.3, 0.4) is 0 Å². The molecule has 3 fully saturated rings. The molecule has 5 atom stereocenters. The fourth-order valence-corrected chi connectivity index (χ4v) is 6.09. The molecule has 1 aromatic rings. The van der Waals surface area contributed by atoms with E-state index in [-0.39, 0.29) is 45.5 Å². The van der Waals surface area contributed by atoms with Gasteiger partial charge in [0.2, 0.25) is 0 Å². The van der Waals surface area contributed by atoms with Gasteiger partial charge in [-0.15, -0.1) is 0 Å². The Bertz CT molecular complexity index is 618. The molecule has 3 heterocycles. The van der Waals surface area contributed by atoms with Crippen molar-refractivity contribution in [3.05, 3.63) is 30.3 Å². The first-order valence-corrected chi connectivity index (χ1v) is 10.0. The fourth-order valence-electron chi connectivity index (χ4n) is 3.58. The van der Waals surface area contributed by atoms with Crippen LogP contribution in [0.4, 0.5) is 0 Å². The number of hydrogen-bond donors (Lipinski definition) is 0. The summed E-state index contributed by atoms with van der Waals surface area (Å²) in [5.74, 6) is -0.711. The average Bonchev–Trinajstić information content (AvgIpc) is 3.10. The number of esters is 1. The topological polar surface area (TPSA) is 54.0 Å². The van der Waals surface area contributed by atoms with Crippen molar-refractivity contribution < 1.29 is 23.7 Å². The molecule has 130 valence electrons. The maximum absolute atomic E-state index is 12.5. The van der Waals surface area contributed by atoms with Gasteiger partial charge in [-0.1, -0.05) is 0 Å². The van der Waals surface area contributed by atoms with Gasteiger partial charge in [0.05, 0.1) is 0 Å². The van der Waals surface area contributed by atoms with Gasteiger partial charge in [0.25, 0.3) is 0 Å². The van der Waals surface area contributed by atoms with E-state index >= 15 is 0 Å². The van der Waals surface area contributed by atoms with Crippen LogP contribution < -0.4 is 4.46 Å². The van der Waals surface area contributed by atoms with Gasteiger partial charge < -0.3 is 0 Å². The fraction of sp³-hybridized carbons (Fsp3) is 0.611. The van der Waals surface area contributed by atoms with Gasteiger partial charge in [-0.2, -0.15) is 0 Å². The van der Waals surface area contributed by atoms with Crippen LogP contribution in [0.5, 0.6) is 0 Å². The van der Waals surface area contributed by atoms with Crippen molar-refractivity contribution in [1.29, 1.82) is 0 Å². The third-order valence-electron chi connectivity index (χ3n) is 4.69. The van der Waals surface area contributed by atoms with E-state index in [0.29, 0.717) is 12.8 Å². The zero-order chi connectivity index (χ0) is 16.9. The Hall–Kier alpha value is -0.911. The van der Waals surface area contributed by atoms with Gasteiger partial charge in [0.1, 0.15) is 0 Å². The van der Waals surface area contributed by atoms with Gasteiger partial charge in [0.15, 0.2) is 0 Å². The Morgan fingerprint density at radius 2 is 1.79 bits per heavy atom. The number of carbonyl (C=O) groups excluding carboxylic acids is 1. The van der Waals surface area contributed by atoms with Gasteiger partial charge in [0, 0.05) is 0 Å². The molecule has 4 rings (SSSR count). The van der Waals surface area contributed by atoms with E-state index in [1.165, 1.54) is 4.46 Å². The van der Waals surface area contributed by atoms with Crippen molar-refractivity contribution in [2.75, 3.05) is 0 Å². The van der Waals surface area contributed by atoms with E-state index in [0.717, 1.165) is 0 Å². The number of rotatable bonds is 3. The third-order valence-corrected chi connectivity index (χ3v) is 7.40. The van der Waals surface area contributed by atoms with E-state index in [1.54, 1.807) is 0 Å². The molecule has 0 bridgehead atoms. The van der Waals surface area contributed by atoms with E-state index in [9.17, 15) is 4.79 Å². The number of ether oxygens (including phenoxy) is 4. The van der Waals surface area contributed by atoms with Crippen LogP contribution in [0.25, 0.3) is 0 Å². The molecule has 3 aliphatic rings. The Morgan fingerprint density at radius 3 is 2.50 bits per heavy atom. The van der Waals surface area contributed by atoms with Gasteiger partial charge in [-0.25, -0.2) is 0 Å². The minimum atomic E-state index is -0.600. The molecule has 0 saturated carbocycles. The summed E-state index contributed by atoms with van der Waals surface area (Å²) in [7, 11) is 0. The molecule has 0 aromatic heterocycles. The SMILES string of the molecule is CC1(C)O[C@H]2O[C@H]([C@H]3CC(C)([Se]c4ccccc4)C(=O)O3)C[C@H]2O1. The Labute approximate surface area is 148 Å². The molecule has 0 N–H and O–H groups in total. The molecule has 0 radical (unpaired) electrons. The second-order valence-electron chi connectivity index (χ2n) is 7.25. The van der Waals surface area contributed by atoms with E-state index in [1.807, 2.05) is 39.0 Å². The predicted molar refractivity (Wildman–Crippen MR) is 88.0 cm³/mol. The summed E-state index contributed by atoms with van der Waals surface area (Å²) in [5, 5.41) is 0. The van der Waals surface area contributed by atoms with Gasteiger partial charge in [-0.05, 0) is 0 Å². The zero-order valence-corrected chi connectivity index (χ0v) is 15.8. The molecule has 6 heteroatoms. The summed E-state index contributed by atoms with van der Waals surface area (Å²) in [4.78, 5) is 12.5. The number of hydrogen-bond acceptors (Lipinski definition) is 5. The molecular weight excluding hydrogens is 375 g/mol.